The number of hydrogen-bond acceptors (Lipinski definition) is 0. The van der Waals surface area contributed by atoms with E-state index in [1.165, 1.54) is 34.6 Å². The molecule has 0 radical (unpaired) electrons. The molecule has 0 aliphatic carbocycles. The van der Waals surface area contributed by atoms with Gasteiger partial charge in [-0.15, -0.1) is 0 Å². The molecule has 2 rings (SSSR count). The second-order valence-electron chi connectivity index (χ2n) is 5.01. The Bertz CT molecular complexity index is 500. The van der Waals surface area contributed by atoms with Gasteiger partial charge in [-0.25, -0.2) is 0 Å². The fourth-order valence-corrected chi connectivity index (χ4v) is 6.98. The molecule has 0 saturated carbocycles. The van der Waals surface area contributed by atoms with Gasteiger partial charge in [0, 0.05) is 16.2 Å². The van der Waals surface area contributed by atoms with Crippen LogP contribution >= 0.6 is 0 Å². The number of benzene rings is 1. The monoisotopic (exact) mass is 245 g/mol. The third-order valence-corrected chi connectivity index (χ3v) is 10.1. The van der Waals surface area contributed by atoms with Crippen molar-refractivity contribution in [3.05, 3.63) is 29.8 Å². The van der Waals surface area contributed by atoms with E-state index < -0.39 is 8.07 Å². The molecule has 0 unspecified atom stereocenters. The number of H-pyrrole nitrogens is 1. The van der Waals surface area contributed by atoms with Gasteiger partial charge < -0.3 is 4.98 Å². The molecule has 0 aliphatic heterocycles. The van der Waals surface area contributed by atoms with Crippen LogP contribution in [-0.2, 0) is 0 Å². The molecule has 1 N–H and O–H groups in total. The maximum atomic E-state index is 3.72. The van der Waals surface area contributed by atoms with E-state index in [-0.39, 0.29) is 0 Å². The molecule has 0 bridgehead atoms. The van der Waals surface area contributed by atoms with Crippen LogP contribution in [0.4, 0.5) is 0 Å². The Kier molecular flexibility index (Phi) is 3.43. The van der Waals surface area contributed by atoms with Crippen molar-refractivity contribution in [1.82, 2.24) is 4.98 Å². The second kappa shape index (κ2) is 4.69. The lowest BCUT2D eigenvalue weighted by Crippen LogP contribution is -2.47. The van der Waals surface area contributed by atoms with Gasteiger partial charge in [-0.3, -0.25) is 0 Å². The number of fused-ring (bicyclic) bond motifs is 1. The largest absolute Gasteiger partial charge is 0.362 e. The summed E-state index contributed by atoms with van der Waals surface area (Å²) in [6.45, 7) is 9.38. The van der Waals surface area contributed by atoms with E-state index in [1.54, 1.807) is 5.32 Å². The van der Waals surface area contributed by atoms with E-state index in [0.29, 0.717) is 0 Å². The fraction of sp³-hybridized carbons (Fsp3) is 0.467. The SMILES string of the molecule is CC[Si](CC)(CC)c1[nH]c2ccccc2c1C. The van der Waals surface area contributed by atoms with E-state index >= 15 is 0 Å². The van der Waals surface area contributed by atoms with E-state index in [9.17, 15) is 0 Å². The molecule has 0 saturated heterocycles. The van der Waals surface area contributed by atoms with E-state index in [4.69, 9.17) is 0 Å². The van der Waals surface area contributed by atoms with Gasteiger partial charge in [-0.05, 0) is 18.6 Å². The second-order valence-corrected chi connectivity index (χ2v) is 10.2. The summed E-state index contributed by atoms with van der Waals surface area (Å²) in [7, 11) is -1.28. The standard InChI is InChI=1S/C15H23NSi/c1-5-17(6-2,7-3)15-12(4)13-10-8-9-11-14(13)16-15/h8-11,16H,5-7H2,1-4H3. The first kappa shape index (κ1) is 12.4. The predicted octanol–water partition coefficient (Wildman–Crippen LogP) is 4.19. The summed E-state index contributed by atoms with van der Waals surface area (Å²) < 4.78 is 0. The van der Waals surface area contributed by atoms with Crippen LogP contribution in [0.25, 0.3) is 10.9 Å². The third-order valence-electron chi connectivity index (χ3n) is 4.53. The molecule has 0 spiro atoms. The summed E-state index contributed by atoms with van der Waals surface area (Å²) in [5, 5.41) is 3.00. The van der Waals surface area contributed by atoms with Gasteiger partial charge in [-0.1, -0.05) is 57.1 Å². The van der Waals surface area contributed by atoms with Crippen molar-refractivity contribution in [2.45, 2.75) is 45.8 Å². The van der Waals surface area contributed by atoms with Crippen LogP contribution in [0.3, 0.4) is 0 Å². The molecule has 0 aliphatic rings. The van der Waals surface area contributed by atoms with Crippen LogP contribution in [0.15, 0.2) is 24.3 Å². The number of aromatic amines is 1. The van der Waals surface area contributed by atoms with Crippen molar-refractivity contribution in [3.8, 4) is 0 Å². The number of rotatable bonds is 4. The predicted molar refractivity (Wildman–Crippen MR) is 79.9 cm³/mol. The van der Waals surface area contributed by atoms with Gasteiger partial charge in [0.15, 0.2) is 0 Å². The Balaban J connectivity index is 2.65. The Morgan fingerprint density at radius 3 is 2.12 bits per heavy atom. The van der Waals surface area contributed by atoms with Gasteiger partial charge in [0.25, 0.3) is 0 Å². The normalized spacial score (nSPS) is 12.2. The maximum Gasteiger partial charge on any atom is 0.107 e. The Morgan fingerprint density at radius 2 is 1.59 bits per heavy atom. The van der Waals surface area contributed by atoms with Crippen LogP contribution < -0.4 is 5.32 Å². The first-order chi connectivity index (χ1) is 8.18. The zero-order chi connectivity index (χ0) is 12.5. The quantitative estimate of drug-likeness (QED) is 0.777. The lowest BCUT2D eigenvalue weighted by molar-refractivity contribution is 1.18. The third kappa shape index (κ3) is 1.84. The van der Waals surface area contributed by atoms with Crippen molar-refractivity contribution in [2.75, 3.05) is 0 Å². The molecule has 1 heterocycles. The van der Waals surface area contributed by atoms with Crippen LogP contribution in [-0.4, -0.2) is 13.1 Å². The van der Waals surface area contributed by atoms with E-state index in [2.05, 4.69) is 56.9 Å². The summed E-state index contributed by atoms with van der Waals surface area (Å²) in [6, 6.07) is 12.7. The highest BCUT2D eigenvalue weighted by Crippen LogP contribution is 2.25. The van der Waals surface area contributed by atoms with E-state index in [0.717, 1.165) is 0 Å². The highest BCUT2D eigenvalue weighted by molar-refractivity contribution is 6.91. The molecule has 17 heavy (non-hydrogen) atoms. The molecular formula is C15H23NSi. The minimum atomic E-state index is -1.28. The summed E-state index contributed by atoms with van der Waals surface area (Å²) in [6.07, 6.45) is 0. The number of hydrogen-bond donors (Lipinski definition) is 1. The van der Waals surface area contributed by atoms with Gasteiger partial charge in [-0.2, -0.15) is 0 Å². The molecule has 0 atom stereocenters. The van der Waals surface area contributed by atoms with Gasteiger partial charge in [0.2, 0.25) is 0 Å². The first-order valence-electron chi connectivity index (χ1n) is 6.76. The number of nitrogens with one attached hydrogen (secondary N) is 1. The molecule has 2 heteroatoms. The summed E-state index contributed by atoms with van der Waals surface area (Å²) in [4.78, 5) is 3.72. The van der Waals surface area contributed by atoms with Crippen molar-refractivity contribution in [1.29, 1.82) is 0 Å². The molecular weight excluding hydrogens is 222 g/mol. The summed E-state index contributed by atoms with van der Waals surface area (Å²) in [5.41, 5.74) is 2.81. The smallest absolute Gasteiger partial charge is 0.107 e. The molecule has 0 fully saturated rings. The Morgan fingerprint density at radius 1 is 1.00 bits per heavy atom. The lowest BCUT2D eigenvalue weighted by Gasteiger charge is -2.28. The van der Waals surface area contributed by atoms with Crippen molar-refractivity contribution in [2.24, 2.45) is 0 Å². The molecule has 1 aromatic carbocycles. The van der Waals surface area contributed by atoms with Gasteiger partial charge in [0.05, 0.1) is 0 Å². The molecule has 2 aromatic rings. The molecule has 0 amide bonds. The average molecular weight is 245 g/mol. The molecule has 1 nitrogen and oxygen atoms in total. The molecule has 1 aromatic heterocycles. The minimum Gasteiger partial charge on any atom is -0.362 e. The van der Waals surface area contributed by atoms with E-state index in [1.807, 2.05) is 0 Å². The Hall–Kier alpha value is -1.02. The fourth-order valence-electron chi connectivity index (χ4n) is 3.09. The minimum absolute atomic E-state index is 1.28. The zero-order valence-electron chi connectivity index (χ0n) is 11.4. The highest BCUT2D eigenvalue weighted by atomic mass is 28.3. The average Bonchev–Trinajstić information content (AvgIpc) is 2.72. The number of aromatic nitrogens is 1. The van der Waals surface area contributed by atoms with Crippen LogP contribution in [0.1, 0.15) is 26.3 Å². The van der Waals surface area contributed by atoms with Crippen molar-refractivity contribution >= 4 is 24.3 Å². The Labute approximate surface area is 105 Å². The van der Waals surface area contributed by atoms with Crippen molar-refractivity contribution in [3.63, 3.8) is 0 Å². The van der Waals surface area contributed by atoms with Gasteiger partial charge >= 0.3 is 0 Å². The highest BCUT2D eigenvalue weighted by Gasteiger charge is 2.32. The number of para-hydroxylation sites is 1. The maximum absolute atomic E-state index is 3.72. The van der Waals surface area contributed by atoms with Crippen molar-refractivity contribution < 1.29 is 0 Å². The zero-order valence-corrected chi connectivity index (χ0v) is 12.4. The summed E-state index contributed by atoms with van der Waals surface area (Å²) >= 11 is 0. The molecule has 92 valence electrons. The van der Waals surface area contributed by atoms with Gasteiger partial charge in [0.1, 0.15) is 8.07 Å². The topological polar surface area (TPSA) is 15.8 Å². The summed E-state index contributed by atoms with van der Waals surface area (Å²) in [5.74, 6) is 0. The van der Waals surface area contributed by atoms with Crippen LogP contribution in [0.5, 0.6) is 0 Å². The van der Waals surface area contributed by atoms with Crippen LogP contribution in [0.2, 0.25) is 18.1 Å². The van der Waals surface area contributed by atoms with Crippen LogP contribution in [0, 0.1) is 6.92 Å². The first-order valence-corrected chi connectivity index (χ1v) is 9.38. The number of aryl methyl sites for hydroxylation is 1. The lowest BCUT2D eigenvalue weighted by atomic mass is 10.2.